The van der Waals surface area contributed by atoms with Crippen LogP contribution in [0.4, 0.5) is 11.5 Å². The summed E-state index contributed by atoms with van der Waals surface area (Å²) in [7, 11) is 3.63. The summed E-state index contributed by atoms with van der Waals surface area (Å²) in [5.74, 6) is 6.54. The first-order valence-electron chi connectivity index (χ1n) is 10.2. The summed E-state index contributed by atoms with van der Waals surface area (Å²) in [4.78, 5) is 17.2. The molecule has 3 rings (SSSR count). The molecule has 0 saturated heterocycles. The Labute approximate surface area is 187 Å². The molecule has 0 saturated carbocycles. The Morgan fingerprint density at radius 3 is 2.41 bits per heavy atom. The number of anilines is 2. The van der Waals surface area contributed by atoms with Crippen molar-refractivity contribution in [3.05, 3.63) is 58.9 Å². The third-order valence-electron chi connectivity index (χ3n) is 5.31. The number of hydrazine groups is 1. The Hall–Kier alpha value is -3.66. The number of rotatable bonds is 5. The standard InChI is InChI=1S/C22H31N9O/c1-13-18(31(24)12-17(23)16-11-26-29(6)14(16)2)8-15(10-25-13)21(32)27-20-9-19(22(3,4)5)28-30(20)7/h8-12H,23-24H2,1-7H3,(H,27,32)/b17-12-. The van der Waals surface area contributed by atoms with Gasteiger partial charge in [0.1, 0.15) is 5.82 Å². The van der Waals surface area contributed by atoms with Crippen molar-refractivity contribution in [1.82, 2.24) is 24.5 Å². The molecule has 0 spiro atoms. The van der Waals surface area contributed by atoms with Gasteiger partial charge in [0.05, 0.1) is 34.5 Å². The highest BCUT2D eigenvalue weighted by Gasteiger charge is 2.20. The van der Waals surface area contributed by atoms with Gasteiger partial charge in [0.15, 0.2) is 0 Å². The van der Waals surface area contributed by atoms with Crippen LogP contribution in [0.5, 0.6) is 0 Å². The minimum Gasteiger partial charge on any atom is -0.397 e. The average Bonchev–Trinajstić information content (AvgIpc) is 3.24. The summed E-state index contributed by atoms with van der Waals surface area (Å²) in [6.45, 7) is 9.94. The van der Waals surface area contributed by atoms with Gasteiger partial charge >= 0.3 is 0 Å². The van der Waals surface area contributed by atoms with E-state index in [0.717, 1.165) is 17.0 Å². The summed E-state index contributed by atoms with van der Waals surface area (Å²) in [6.07, 6.45) is 4.79. The fourth-order valence-electron chi connectivity index (χ4n) is 3.12. The van der Waals surface area contributed by atoms with Crippen molar-refractivity contribution in [1.29, 1.82) is 0 Å². The van der Waals surface area contributed by atoms with E-state index in [9.17, 15) is 4.79 Å². The van der Waals surface area contributed by atoms with E-state index in [1.54, 1.807) is 34.9 Å². The number of hydrogen-bond acceptors (Lipinski definition) is 7. The van der Waals surface area contributed by atoms with E-state index in [-0.39, 0.29) is 11.3 Å². The molecule has 0 aliphatic rings. The van der Waals surface area contributed by atoms with Crippen LogP contribution < -0.4 is 21.9 Å². The van der Waals surface area contributed by atoms with E-state index in [4.69, 9.17) is 11.6 Å². The van der Waals surface area contributed by atoms with Crippen molar-refractivity contribution in [2.75, 3.05) is 10.3 Å². The lowest BCUT2D eigenvalue weighted by Gasteiger charge is -2.18. The topological polar surface area (TPSA) is 133 Å². The van der Waals surface area contributed by atoms with Crippen molar-refractivity contribution in [2.45, 2.75) is 40.0 Å². The number of carbonyl (C=O) groups is 1. The number of nitrogens with zero attached hydrogens (tertiary/aromatic N) is 6. The highest BCUT2D eigenvalue weighted by Crippen LogP contribution is 2.24. The Morgan fingerprint density at radius 2 is 1.84 bits per heavy atom. The number of pyridine rings is 1. The average molecular weight is 438 g/mol. The third kappa shape index (κ3) is 4.65. The quantitative estimate of drug-likeness (QED) is 0.412. The molecule has 170 valence electrons. The Bertz CT molecular complexity index is 1180. The molecule has 0 unspecified atom stereocenters. The Morgan fingerprint density at radius 1 is 1.16 bits per heavy atom. The van der Waals surface area contributed by atoms with Gasteiger partial charge in [0.2, 0.25) is 0 Å². The summed E-state index contributed by atoms with van der Waals surface area (Å²) in [5, 5.41) is 12.9. The first-order chi connectivity index (χ1) is 14.9. The van der Waals surface area contributed by atoms with Gasteiger partial charge in [-0.2, -0.15) is 10.2 Å². The van der Waals surface area contributed by atoms with Crippen molar-refractivity contribution in [3.8, 4) is 0 Å². The molecule has 0 aromatic carbocycles. The molecule has 0 fully saturated rings. The van der Waals surface area contributed by atoms with E-state index < -0.39 is 0 Å². The number of nitrogens with one attached hydrogen (secondary N) is 1. The molecular weight excluding hydrogens is 406 g/mol. The lowest BCUT2D eigenvalue weighted by molar-refractivity contribution is 0.102. The molecule has 5 N–H and O–H groups in total. The predicted molar refractivity (Wildman–Crippen MR) is 126 cm³/mol. The van der Waals surface area contributed by atoms with Crippen molar-refractivity contribution >= 4 is 23.1 Å². The summed E-state index contributed by atoms with van der Waals surface area (Å²) in [6, 6.07) is 3.55. The lowest BCUT2D eigenvalue weighted by atomic mass is 9.92. The number of hydrogen-bond donors (Lipinski definition) is 3. The van der Waals surface area contributed by atoms with Gasteiger partial charge in [0, 0.05) is 49.2 Å². The highest BCUT2D eigenvalue weighted by molar-refractivity contribution is 6.04. The van der Waals surface area contributed by atoms with Gasteiger partial charge in [-0.1, -0.05) is 20.8 Å². The van der Waals surface area contributed by atoms with Gasteiger partial charge in [0.25, 0.3) is 5.91 Å². The van der Waals surface area contributed by atoms with Gasteiger partial charge in [-0.3, -0.25) is 24.2 Å². The molecule has 3 aromatic heterocycles. The fraction of sp³-hybridized carbons (Fsp3) is 0.364. The van der Waals surface area contributed by atoms with Crippen molar-refractivity contribution in [3.63, 3.8) is 0 Å². The van der Waals surface area contributed by atoms with Crippen LogP contribution in [-0.2, 0) is 19.5 Å². The smallest absolute Gasteiger partial charge is 0.258 e. The Balaban J connectivity index is 1.85. The molecule has 0 bridgehead atoms. The maximum atomic E-state index is 12.9. The summed E-state index contributed by atoms with van der Waals surface area (Å²) >= 11 is 0. The van der Waals surface area contributed by atoms with Crippen LogP contribution in [0.1, 0.15) is 53.8 Å². The first-order valence-corrected chi connectivity index (χ1v) is 10.2. The van der Waals surface area contributed by atoms with Crippen LogP contribution in [0.2, 0.25) is 0 Å². The van der Waals surface area contributed by atoms with E-state index >= 15 is 0 Å². The van der Waals surface area contributed by atoms with Crippen LogP contribution in [0.25, 0.3) is 5.70 Å². The zero-order valence-corrected chi connectivity index (χ0v) is 19.6. The van der Waals surface area contributed by atoms with E-state index in [0.29, 0.717) is 28.5 Å². The second-order valence-corrected chi connectivity index (χ2v) is 8.83. The van der Waals surface area contributed by atoms with E-state index in [1.165, 1.54) is 11.2 Å². The van der Waals surface area contributed by atoms with Gasteiger partial charge in [-0.05, 0) is 19.9 Å². The minimum absolute atomic E-state index is 0.127. The minimum atomic E-state index is -0.310. The molecular formula is C22H31N9O. The lowest BCUT2D eigenvalue weighted by Crippen LogP contribution is -2.27. The van der Waals surface area contributed by atoms with Crippen LogP contribution in [0.3, 0.4) is 0 Å². The molecule has 0 radical (unpaired) electrons. The summed E-state index contributed by atoms with van der Waals surface area (Å²) < 4.78 is 3.38. The molecule has 10 nitrogen and oxygen atoms in total. The van der Waals surface area contributed by atoms with Gasteiger partial charge < -0.3 is 11.1 Å². The Kier molecular flexibility index (Phi) is 6.09. The van der Waals surface area contributed by atoms with Crippen molar-refractivity contribution < 1.29 is 4.79 Å². The molecule has 3 aromatic rings. The van der Waals surface area contributed by atoms with Crippen LogP contribution >= 0.6 is 0 Å². The van der Waals surface area contributed by atoms with Crippen molar-refractivity contribution in [2.24, 2.45) is 25.7 Å². The first kappa shape index (κ1) is 23.0. The SMILES string of the molecule is Cc1ncc(C(=O)Nc2cc(C(C)(C)C)nn2C)cc1N(N)/C=C(\N)c1cnn(C)c1C. The van der Waals surface area contributed by atoms with Crippen LogP contribution in [-0.4, -0.2) is 30.5 Å². The number of aromatic nitrogens is 5. The van der Waals surface area contributed by atoms with E-state index in [1.807, 2.05) is 27.0 Å². The molecule has 0 aliphatic heterocycles. The number of aryl methyl sites for hydroxylation is 3. The normalized spacial score (nSPS) is 12.2. The number of nitrogens with two attached hydrogens (primary N) is 2. The molecule has 10 heteroatoms. The zero-order chi connectivity index (χ0) is 23.8. The highest BCUT2D eigenvalue weighted by atomic mass is 16.1. The molecule has 3 heterocycles. The maximum Gasteiger partial charge on any atom is 0.258 e. The fourth-order valence-corrected chi connectivity index (χ4v) is 3.12. The van der Waals surface area contributed by atoms with Crippen LogP contribution in [0.15, 0.2) is 30.7 Å². The molecule has 0 atom stereocenters. The molecule has 32 heavy (non-hydrogen) atoms. The summed E-state index contributed by atoms with van der Waals surface area (Å²) in [5.41, 5.74) is 10.7. The number of carbonyl (C=O) groups excluding carboxylic acids is 1. The second-order valence-electron chi connectivity index (χ2n) is 8.83. The second kappa shape index (κ2) is 8.46. The zero-order valence-electron chi connectivity index (χ0n) is 19.6. The van der Waals surface area contributed by atoms with E-state index in [2.05, 4.69) is 41.3 Å². The number of amides is 1. The predicted octanol–water partition coefficient (Wildman–Crippen LogP) is 2.35. The monoisotopic (exact) mass is 437 g/mol. The molecule has 1 amide bonds. The largest absolute Gasteiger partial charge is 0.397 e. The van der Waals surface area contributed by atoms with Gasteiger partial charge in [-0.15, -0.1) is 0 Å². The van der Waals surface area contributed by atoms with Gasteiger partial charge in [-0.25, -0.2) is 5.84 Å². The maximum absolute atomic E-state index is 12.9. The van der Waals surface area contributed by atoms with Crippen LogP contribution in [0, 0.1) is 13.8 Å². The molecule has 0 aliphatic carbocycles. The third-order valence-corrected chi connectivity index (χ3v) is 5.31.